The van der Waals surface area contributed by atoms with Crippen LogP contribution in [0.2, 0.25) is 0 Å². The number of amides is 1. The molecule has 1 unspecified atom stereocenters. The molecule has 0 aromatic carbocycles. The first-order valence-corrected chi connectivity index (χ1v) is 8.18. The summed E-state index contributed by atoms with van der Waals surface area (Å²) in [7, 11) is 0. The lowest BCUT2D eigenvalue weighted by Gasteiger charge is -2.28. The van der Waals surface area contributed by atoms with Crippen LogP contribution >= 0.6 is 0 Å². The van der Waals surface area contributed by atoms with Crippen LogP contribution in [0, 0.1) is 16.7 Å². The second-order valence-corrected chi connectivity index (χ2v) is 7.15. The van der Waals surface area contributed by atoms with Crippen LogP contribution in [-0.2, 0) is 4.79 Å². The van der Waals surface area contributed by atoms with Gasteiger partial charge in [-0.2, -0.15) is 0 Å². The lowest BCUT2D eigenvalue weighted by atomic mass is 9.83. The van der Waals surface area contributed by atoms with Gasteiger partial charge < -0.3 is 10.6 Å². The van der Waals surface area contributed by atoms with Gasteiger partial charge in [0.2, 0.25) is 5.91 Å². The van der Waals surface area contributed by atoms with Crippen LogP contribution in [0.3, 0.4) is 0 Å². The third-order valence-corrected chi connectivity index (χ3v) is 6.16. The molecule has 0 radical (unpaired) electrons. The highest BCUT2D eigenvalue weighted by Gasteiger charge is 2.57. The zero-order chi connectivity index (χ0) is 13.3. The molecule has 3 fully saturated rings. The van der Waals surface area contributed by atoms with Crippen LogP contribution in [0.4, 0.5) is 0 Å². The van der Waals surface area contributed by atoms with Crippen molar-refractivity contribution in [1.82, 2.24) is 10.6 Å². The molecule has 3 rings (SSSR count). The molecule has 3 nitrogen and oxygen atoms in total. The van der Waals surface area contributed by atoms with Gasteiger partial charge in [-0.3, -0.25) is 4.79 Å². The summed E-state index contributed by atoms with van der Waals surface area (Å²) in [6.07, 6.45) is 10.1. The molecule has 1 heterocycles. The summed E-state index contributed by atoms with van der Waals surface area (Å²) < 4.78 is 0. The van der Waals surface area contributed by atoms with E-state index in [0.717, 1.165) is 26.1 Å². The average Bonchev–Trinajstić information content (AvgIpc) is 2.93. The first-order chi connectivity index (χ1) is 9.20. The van der Waals surface area contributed by atoms with Gasteiger partial charge in [0, 0.05) is 12.5 Å². The molecule has 108 valence electrons. The summed E-state index contributed by atoms with van der Waals surface area (Å²) in [6.45, 7) is 5.40. The number of carbonyl (C=O) groups excluding carboxylic acids is 1. The molecule has 0 aromatic rings. The molecule has 0 bridgehead atoms. The summed E-state index contributed by atoms with van der Waals surface area (Å²) in [5.74, 6) is 0.673. The van der Waals surface area contributed by atoms with Gasteiger partial charge in [-0.15, -0.1) is 0 Å². The number of hydrogen-bond acceptors (Lipinski definition) is 2. The highest BCUT2D eigenvalue weighted by molar-refractivity contribution is 5.82. The van der Waals surface area contributed by atoms with Gasteiger partial charge in [0.1, 0.15) is 0 Å². The van der Waals surface area contributed by atoms with Crippen molar-refractivity contribution in [1.29, 1.82) is 0 Å². The summed E-state index contributed by atoms with van der Waals surface area (Å²) in [4.78, 5) is 12.4. The lowest BCUT2D eigenvalue weighted by molar-refractivity contribution is -0.123. The zero-order valence-corrected chi connectivity index (χ0v) is 12.3. The van der Waals surface area contributed by atoms with Crippen molar-refractivity contribution < 1.29 is 4.79 Å². The van der Waals surface area contributed by atoms with E-state index in [1.165, 1.54) is 44.9 Å². The van der Waals surface area contributed by atoms with E-state index >= 15 is 0 Å². The van der Waals surface area contributed by atoms with E-state index in [-0.39, 0.29) is 0 Å². The Morgan fingerprint density at radius 2 is 1.89 bits per heavy atom. The Hall–Kier alpha value is -0.570. The van der Waals surface area contributed by atoms with Gasteiger partial charge in [0.05, 0.1) is 0 Å². The van der Waals surface area contributed by atoms with Crippen molar-refractivity contribution in [3.63, 3.8) is 0 Å². The van der Waals surface area contributed by atoms with Crippen LogP contribution in [0.5, 0.6) is 0 Å². The summed E-state index contributed by atoms with van der Waals surface area (Å²) in [5.41, 5.74) is 0.802. The minimum atomic E-state index is 0.324. The van der Waals surface area contributed by atoms with Crippen molar-refractivity contribution in [3.05, 3.63) is 0 Å². The number of rotatable bonds is 4. The first kappa shape index (κ1) is 13.4. The third kappa shape index (κ3) is 2.54. The molecule has 2 N–H and O–H groups in total. The van der Waals surface area contributed by atoms with E-state index in [0.29, 0.717) is 22.7 Å². The smallest absolute Gasteiger partial charge is 0.223 e. The Morgan fingerprint density at radius 1 is 1.21 bits per heavy atom. The second kappa shape index (κ2) is 5.08. The molecule has 19 heavy (non-hydrogen) atoms. The van der Waals surface area contributed by atoms with Crippen LogP contribution in [0.1, 0.15) is 58.3 Å². The molecule has 1 aliphatic heterocycles. The maximum Gasteiger partial charge on any atom is 0.223 e. The first-order valence-electron chi connectivity index (χ1n) is 8.18. The predicted molar refractivity (Wildman–Crippen MR) is 76.8 cm³/mol. The van der Waals surface area contributed by atoms with Gasteiger partial charge in [-0.25, -0.2) is 0 Å². The number of piperidine rings is 1. The number of hydrogen-bond donors (Lipinski definition) is 2. The molecular weight excluding hydrogens is 236 g/mol. The van der Waals surface area contributed by atoms with E-state index in [9.17, 15) is 4.79 Å². The Labute approximate surface area is 116 Å². The Balaban J connectivity index is 1.50. The molecule has 3 heteroatoms. The molecule has 1 spiro atoms. The number of nitrogens with one attached hydrogen (secondary N) is 2. The predicted octanol–water partition coefficient (Wildman–Crippen LogP) is 2.46. The highest BCUT2D eigenvalue weighted by atomic mass is 16.2. The maximum absolute atomic E-state index is 12.4. The third-order valence-electron chi connectivity index (χ3n) is 6.16. The minimum Gasteiger partial charge on any atom is -0.355 e. The Kier molecular flexibility index (Phi) is 3.59. The van der Waals surface area contributed by atoms with E-state index in [1.54, 1.807) is 0 Å². The van der Waals surface area contributed by atoms with Crippen molar-refractivity contribution in [3.8, 4) is 0 Å². The number of carbonyl (C=O) groups is 1. The molecule has 3 aliphatic rings. The topological polar surface area (TPSA) is 41.1 Å². The molecule has 2 aliphatic carbocycles. The quantitative estimate of drug-likeness (QED) is 0.819. The van der Waals surface area contributed by atoms with Gasteiger partial charge in [0.15, 0.2) is 0 Å². The molecule has 1 saturated heterocycles. The Bertz CT molecular complexity index is 341. The van der Waals surface area contributed by atoms with Crippen molar-refractivity contribution in [2.75, 3.05) is 19.6 Å². The highest BCUT2D eigenvalue weighted by Crippen LogP contribution is 2.58. The maximum atomic E-state index is 12.4. The fourth-order valence-corrected chi connectivity index (χ4v) is 4.37. The molecule has 1 amide bonds. The molecule has 2 saturated carbocycles. The zero-order valence-electron chi connectivity index (χ0n) is 12.3. The SMILES string of the molecule is CCC1(CNC(=O)C2CC23CCNCC3)CCCC1. The van der Waals surface area contributed by atoms with Gasteiger partial charge in [0.25, 0.3) is 0 Å². The van der Waals surface area contributed by atoms with Crippen LogP contribution in [0.15, 0.2) is 0 Å². The van der Waals surface area contributed by atoms with Crippen LogP contribution < -0.4 is 10.6 Å². The van der Waals surface area contributed by atoms with E-state index in [2.05, 4.69) is 17.6 Å². The average molecular weight is 264 g/mol. The fraction of sp³-hybridized carbons (Fsp3) is 0.938. The minimum absolute atomic E-state index is 0.324. The van der Waals surface area contributed by atoms with Gasteiger partial charge in [-0.05, 0) is 62.4 Å². The standard InChI is InChI=1S/C16H28N2O/c1-2-15(5-3-4-6-15)12-18-14(19)13-11-16(13)7-9-17-10-8-16/h13,17H,2-12H2,1H3,(H,18,19). The van der Waals surface area contributed by atoms with Crippen LogP contribution in [-0.4, -0.2) is 25.5 Å². The van der Waals surface area contributed by atoms with E-state index in [4.69, 9.17) is 0 Å². The van der Waals surface area contributed by atoms with E-state index in [1.807, 2.05) is 0 Å². The monoisotopic (exact) mass is 264 g/mol. The fourth-order valence-electron chi connectivity index (χ4n) is 4.37. The van der Waals surface area contributed by atoms with Crippen molar-refractivity contribution in [2.45, 2.75) is 58.3 Å². The normalized spacial score (nSPS) is 31.3. The van der Waals surface area contributed by atoms with Crippen LogP contribution in [0.25, 0.3) is 0 Å². The second-order valence-electron chi connectivity index (χ2n) is 7.15. The molecule has 0 aromatic heterocycles. The summed E-state index contributed by atoms with van der Waals surface area (Å²) in [5, 5.41) is 6.69. The lowest BCUT2D eigenvalue weighted by Crippen LogP contribution is -2.38. The summed E-state index contributed by atoms with van der Waals surface area (Å²) in [6, 6.07) is 0. The molecular formula is C16H28N2O. The molecule has 1 atom stereocenters. The Morgan fingerprint density at radius 3 is 2.53 bits per heavy atom. The van der Waals surface area contributed by atoms with Crippen molar-refractivity contribution >= 4 is 5.91 Å². The van der Waals surface area contributed by atoms with E-state index < -0.39 is 0 Å². The van der Waals surface area contributed by atoms with Gasteiger partial charge >= 0.3 is 0 Å². The summed E-state index contributed by atoms with van der Waals surface area (Å²) >= 11 is 0. The van der Waals surface area contributed by atoms with Crippen molar-refractivity contribution in [2.24, 2.45) is 16.7 Å². The largest absolute Gasteiger partial charge is 0.355 e. The van der Waals surface area contributed by atoms with Gasteiger partial charge in [-0.1, -0.05) is 19.8 Å².